The number of rotatable bonds is 4. The Kier molecular flexibility index (Phi) is 4.70. The smallest absolute Gasteiger partial charge is 0.265 e. The predicted octanol–water partition coefficient (Wildman–Crippen LogP) is 3.07. The lowest BCUT2D eigenvalue weighted by Gasteiger charge is -2.21. The zero-order valence-electron chi connectivity index (χ0n) is 11.7. The zero-order chi connectivity index (χ0) is 15.6. The molecule has 0 saturated heterocycles. The molecule has 0 unspecified atom stereocenters. The highest BCUT2D eigenvalue weighted by atomic mass is 79.9. The van der Waals surface area contributed by atoms with Gasteiger partial charge in [0.2, 0.25) is 0 Å². The highest BCUT2D eigenvalue weighted by Crippen LogP contribution is 2.29. The van der Waals surface area contributed by atoms with Crippen LogP contribution in [0.2, 0.25) is 0 Å². The monoisotopic (exact) mass is 369 g/mol. The molecule has 4 nitrogen and oxygen atoms in total. The second-order valence-corrected chi connectivity index (χ2v) is 7.53. The number of aliphatic hydroxyl groups is 1. The van der Waals surface area contributed by atoms with Crippen LogP contribution in [0.5, 0.6) is 0 Å². The maximum Gasteiger partial charge on any atom is 0.265 e. The first-order valence-corrected chi connectivity index (χ1v) is 8.54. The molecule has 0 saturated carbocycles. The van der Waals surface area contributed by atoms with Gasteiger partial charge in [0.05, 0.1) is 12.3 Å². The van der Waals surface area contributed by atoms with E-state index in [0.29, 0.717) is 15.7 Å². The van der Waals surface area contributed by atoms with Gasteiger partial charge in [-0.15, -0.1) is 0 Å². The van der Waals surface area contributed by atoms with Gasteiger partial charge in [0.25, 0.3) is 10.0 Å². The van der Waals surface area contributed by atoms with E-state index < -0.39 is 10.0 Å². The van der Waals surface area contributed by atoms with E-state index in [1.54, 1.807) is 24.3 Å². The van der Waals surface area contributed by atoms with Gasteiger partial charge in [0.1, 0.15) is 4.90 Å². The number of nitrogens with zero attached hydrogens (tertiary/aromatic N) is 1. The van der Waals surface area contributed by atoms with Crippen LogP contribution < -0.4 is 4.31 Å². The van der Waals surface area contributed by atoms with Crippen LogP contribution in [-0.2, 0) is 16.6 Å². The van der Waals surface area contributed by atoms with Crippen molar-refractivity contribution in [3.05, 3.63) is 58.1 Å². The van der Waals surface area contributed by atoms with Crippen molar-refractivity contribution < 1.29 is 13.5 Å². The standard InChI is InChI=1S/C15H16BrNO3S/c1-11-4-3-5-13(8-11)17(2)21(19,20)15-9-12(10-18)6-7-14(15)16/h3-9,18H,10H2,1-2H3. The Morgan fingerprint density at radius 1 is 1.19 bits per heavy atom. The summed E-state index contributed by atoms with van der Waals surface area (Å²) >= 11 is 3.26. The fraction of sp³-hybridized carbons (Fsp3) is 0.200. The summed E-state index contributed by atoms with van der Waals surface area (Å²) in [6.07, 6.45) is 0. The molecule has 0 radical (unpaired) electrons. The van der Waals surface area contributed by atoms with Gasteiger partial charge in [-0.25, -0.2) is 8.42 Å². The molecule has 21 heavy (non-hydrogen) atoms. The maximum absolute atomic E-state index is 12.7. The average Bonchev–Trinajstić information content (AvgIpc) is 2.46. The first-order valence-electron chi connectivity index (χ1n) is 6.31. The maximum atomic E-state index is 12.7. The number of halogens is 1. The van der Waals surface area contributed by atoms with E-state index in [1.165, 1.54) is 17.4 Å². The van der Waals surface area contributed by atoms with Crippen molar-refractivity contribution in [3.63, 3.8) is 0 Å². The molecule has 0 amide bonds. The van der Waals surface area contributed by atoms with Gasteiger partial charge in [-0.05, 0) is 58.2 Å². The van der Waals surface area contributed by atoms with Crippen LogP contribution in [0.4, 0.5) is 5.69 Å². The van der Waals surface area contributed by atoms with E-state index in [4.69, 9.17) is 0 Å². The van der Waals surface area contributed by atoms with Crippen molar-refractivity contribution in [1.82, 2.24) is 0 Å². The number of hydrogen-bond acceptors (Lipinski definition) is 3. The van der Waals surface area contributed by atoms with Gasteiger partial charge in [-0.1, -0.05) is 18.2 Å². The number of anilines is 1. The van der Waals surface area contributed by atoms with Gasteiger partial charge in [-0.3, -0.25) is 4.31 Å². The SMILES string of the molecule is Cc1cccc(N(C)S(=O)(=O)c2cc(CO)ccc2Br)c1. The molecule has 0 aliphatic rings. The minimum absolute atomic E-state index is 0.137. The van der Waals surface area contributed by atoms with E-state index >= 15 is 0 Å². The van der Waals surface area contributed by atoms with Gasteiger partial charge in [-0.2, -0.15) is 0 Å². The Hall–Kier alpha value is -1.37. The molecule has 0 atom stereocenters. The number of aryl methyl sites for hydroxylation is 1. The Balaban J connectivity index is 2.51. The van der Waals surface area contributed by atoms with E-state index in [0.717, 1.165) is 5.56 Å². The van der Waals surface area contributed by atoms with E-state index in [9.17, 15) is 13.5 Å². The molecule has 2 rings (SSSR count). The van der Waals surface area contributed by atoms with Crippen LogP contribution in [0, 0.1) is 6.92 Å². The Morgan fingerprint density at radius 3 is 2.52 bits per heavy atom. The molecule has 6 heteroatoms. The summed E-state index contributed by atoms with van der Waals surface area (Å²) in [5.41, 5.74) is 2.13. The molecule has 0 bridgehead atoms. The second-order valence-electron chi connectivity index (χ2n) is 4.73. The first kappa shape index (κ1) is 16.0. The molecular weight excluding hydrogens is 354 g/mol. The van der Waals surface area contributed by atoms with E-state index in [-0.39, 0.29) is 11.5 Å². The lowest BCUT2D eigenvalue weighted by Crippen LogP contribution is -2.27. The van der Waals surface area contributed by atoms with Crippen molar-refractivity contribution in [3.8, 4) is 0 Å². The number of sulfonamides is 1. The highest BCUT2D eigenvalue weighted by Gasteiger charge is 2.24. The molecule has 2 aromatic carbocycles. The van der Waals surface area contributed by atoms with Crippen LogP contribution in [0.1, 0.15) is 11.1 Å². The third-order valence-electron chi connectivity index (χ3n) is 3.18. The summed E-state index contributed by atoms with van der Waals surface area (Å²) in [7, 11) is -2.18. The third kappa shape index (κ3) is 3.28. The van der Waals surface area contributed by atoms with Crippen LogP contribution in [-0.4, -0.2) is 20.6 Å². The minimum Gasteiger partial charge on any atom is -0.392 e. The molecule has 2 aromatic rings. The van der Waals surface area contributed by atoms with Gasteiger partial charge in [0.15, 0.2) is 0 Å². The average molecular weight is 370 g/mol. The van der Waals surface area contributed by atoms with Crippen LogP contribution in [0.15, 0.2) is 51.8 Å². The molecule has 0 aromatic heterocycles. The van der Waals surface area contributed by atoms with E-state index in [1.807, 2.05) is 19.1 Å². The van der Waals surface area contributed by atoms with Crippen molar-refractivity contribution in [2.45, 2.75) is 18.4 Å². The summed E-state index contributed by atoms with van der Waals surface area (Å²) in [4.78, 5) is 0.137. The fourth-order valence-corrected chi connectivity index (χ4v) is 4.12. The molecule has 1 N–H and O–H groups in total. The van der Waals surface area contributed by atoms with Crippen molar-refractivity contribution >= 4 is 31.6 Å². The third-order valence-corrected chi connectivity index (χ3v) is 5.96. The highest BCUT2D eigenvalue weighted by molar-refractivity contribution is 9.10. The minimum atomic E-state index is -3.70. The van der Waals surface area contributed by atoms with Gasteiger partial charge < -0.3 is 5.11 Å². The summed E-state index contributed by atoms with van der Waals surface area (Å²) in [6, 6.07) is 12.1. The summed E-state index contributed by atoms with van der Waals surface area (Å²) in [5.74, 6) is 0. The largest absolute Gasteiger partial charge is 0.392 e. The van der Waals surface area contributed by atoms with Crippen molar-refractivity contribution in [2.24, 2.45) is 0 Å². The summed E-state index contributed by atoms with van der Waals surface area (Å²) in [6.45, 7) is 1.70. The number of aliphatic hydroxyl groups excluding tert-OH is 1. The summed E-state index contributed by atoms with van der Waals surface area (Å²) < 4.78 is 27.2. The normalized spacial score (nSPS) is 11.4. The quantitative estimate of drug-likeness (QED) is 0.900. The van der Waals surface area contributed by atoms with E-state index in [2.05, 4.69) is 15.9 Å². The first-order chi connectivity index (χ1) is 9.86. The Labute approximate surface area is 133 Å². The van der Waals surface area contributed by atoms with Crippen molar-refractivity contribution in [1.29, 1.82) is 0 Å². The lowest BCUT2D eigenvalue weighted by atomic mass is 10.2. The molecule has 0 aliphatic carbocycles. The second kappa shape index (κ2) is 6.17. The topological polar surface area (TPSA) is 57.6 Å². The number of hydrogen-bond donors (Lipinski definition) is 1. The zero-order valence-corrected chi connectivity index (χ0v) is 14.1. The van der Waals surface area contributed by atoms with Crippen LogP contribution >= 0.6 is 15.9 Å². The molecule has 0 fully saturated rings. The fourth-order valence-electron chi connectivity index (χ4n) is 1.95. The van der Waals surface area contributed by atoms with Crippen LogP contribution in [0.3, 0.4) is 0 Å². The molecule has 0 spiro atoms. The molecule has 0 aliphatic heterocycles. The van der Waals surface area contributed by atoms with Gasteiger partial charge in [0, 0.05) is 11.5 Å². The molecule has 112 valence electrons. The Morgan fingerprint density at radius 2 is 1.90 bits per heavy atom. The predicted molar refractivity (Wildman–Crippen MR) is 86.8 cm³/mol. The van der Waals surface area contributed by atoms with Gasteiger partial charge >= 0.3 is 0 Å². The molecule has 0 heterocycles. The summed E-state index contributed by atoms with van der Waals surface area (Å²) in [5, 5.41) is 9.19. The Bertz CT molecular complexity index is 759. The van der Waals surface area contributed by atoms with Crippen molar-refractivity contribution in [2.75, 3.05) is 11.4 Å². The lowest BCUT2D eigenvalue weighted by molar-refractivity contribution is 0.281. The van der Waals surface area contributed by atoms with Crippen LogP contribution in [0.25, 0.3) is 0 Å². The number of benzene rings is 2. The molecular formula is C15H16BrNO3S.